The summed E-state index contributed by atoms with van der Waals surface area (Å²) in [6, 6.07) is 17.9. The molecule has 1 amide bonds. The van der Waals surface area contributed by atoms with E-state index in [9.17, 15) is 39.3 Å². The lowest BCUT2D eigenvalue weighted by atomic mass is 9.64. The maximum atomic E-state index is 13.4. The molecule has 0 atom stereocenters. The number of carboxylic acid groups (broad SMARTS) is 3. The Hall–Kier alpha value is -6.43. The summed E-state index contributed by atoms with van der Waals surface area (Å²) < 4.78 is 0. The van der Waals surface area contributed by atoms with E-state index in [0.29, 0.717) is 44.0 Å². The van der Waals surface area contributed by atoms with Gasteiger partial charge in [-0.05, 0) is 41.8 Å². The Kier molecular flexibility index (Phi) is 12.3. The van der Waals surface area contributed by atoms with E-state index in [2.05, 4.69) is 25.3 Å². The van der Waals surface area contributed by atoms with Crippen LogP contribution in [0.25, 0.3) is 43.6 Å². The van der Waals surface area contributed by atoms with E-state index in [1.54, 1.807) is 61.2 Å². The Morgan fingerprint density at radius 1 is 0.545 bits per heavy atom. The average molecular weight is 744 g/mol. The van der Waals surface area contributed by atoms with Crippen LogP contribution >= 0.6 is 0 Å². The van der Waals surface area contributed by atoms with Crippen LogP contribution in [0.15, 0.2) is 85.5 Å². The maximum Gasteiger partial charge on any atom is 0.317 e. The van der Waals surface area contributed by atoms with E-state index in [4.69, 9.17) is 0 Å². The first-order chi connectivity index (χ1) is 26.5. The first-order valence-corrected chi connectivity index (χ1v) is 17.3. The lowest BCUT2D eigenvalue weighted by molar-refractivity contribution is -0.140. The molecular formula is C38H36BN8O8. The summed E-state index contributed by atoms with van der Waals surface area (Å²) in [6.07, 6.45) is 6.58. The normalized spacial score (nSPS) is 11.5. The fourth-order valence-electron chi connectivity index (χ4n) is 6.47. The molecule has 4 N–H and O–H groups in total. The molecule has 4 aromatic heterocycles. The van der Waals surface area contributed by atoms with Crippen molar-refractivity contribution in [2.24, 2.45) is 0 Å². The van der Waals surface area contributed by atoms with Crippen molar-refractivity contribution in [1.29, 1.82) is 0 Å². The first-order valence-electron chi connectivity index (χ1n) is 17.3. The summed E-state index contributed by atoms with van der Waals surface area (Å²) in [5.74, 6) is -4.01. The number of carboxylic acids is 3. The molecule has 0 aliphatic rings. The van der Waals surface area contributed by atoms with E-state index < -0.39 is 43.4 Å². The molecule has 16 nitrogen and oxygen atoms in total. The number of hydrogen-bond acceptors (Lipinski definition) is 12. The second-order valence-corrected chi connectivity index (χ2v) is 12.9. The number of carbonyl (C=O) groups is 5. The third-order valence-electron chi connectivity index (χ3n) is 8.83. The SMILES string of the molecule is O=C(O)CN(CCN(CC(=O)O)CC(=O)[B]c1cc2cccnc2c2ncccc12)CCN(CC(=O)O)CC(=O)Nc1cc2cccnc2c2ncccc12. The van der Waals surface area contributed by atoms with Crippen molar-refractivity contribution in [2.45, 2.75) is 0 Å². The number of nitrogens with zero attached hydrogens (tertiary/aromatic N) is 7. The van der Waals surface area contributed by atoms with Crippen LogP contribution < -0.4 is 10.8 Å². The Bertz CT molecular complexity index is 2260. The average Bonchev–Trinajstić information content (AvgIpc) is 3.15. The van der Waals surface area contributed by atoms with Crippen LogP contribution in [0.5, 0.6) is 0 Å². The molecule has 4 heterocycles. The van der Waals surface area contributed by atoms with Crippen LogP contribution in [0.3, 0.4) is 0 Å². The van der Waals surface area contributed by atoms with Gasteiger partial charge in [0.25, 0.3) is 0 Å². The molecule has 17 heteroatoms. The van der Waals surface area contributed by atoms with E-state index in [1.165, 1.54) is 22.0 Å². The van der Waals surface area contributed by atoms with Gasteiger partial charge in [-0.25, -0.2) is 0 Å². The van der Waals surface area contributed by atoms with Gasteiger partial charge < -0.3 is 25.4 Å². The fraction of sp³-hybridized carbons (Fsp3) is 0.237. The summed E-state index contributed by atoms with van der Waals surface area (Å²) in [4.78, 5) is 84.0. The molecule has 0 saturated heterocycles. The minimum absolute atomic E-state index is 0.000509. The number of pyridine rings is 4. The standard InChI is InChI=1S/C38H36BN8O8/c48-30(39-28-17-24-5-1-9-40-35(24)37-26(28)7-3-11-42-37)19-46(22-33(52)53)15-13-45(21-32(50)51)14-16-47(23-34(54)55)20-31(49)44-29-18-25-6-2-10-41-36(25)38-27(29)8-4-12-43-38/h1-12,17-18H,13-16,19-23H2,(H,44,49)(H,50,51)(H,52,53)(H,54,55). The smallest absolute Gasteiger partial charge is 0.317 e. The molecule has 0 unspecified atom stereocenters. The summed E-state index contributed by atoms with van der Waals surface area (Å²) in [6.45, 7) is -1.91. The molecule has 0 fully saturated rings. The van der Waals surface area contributed by atoms with Gasteiger partial charge in [0.05, 0.1) is 53.9 Å². The van der Waals surface area contributed by atoms with Gasteiger partial charge in [-0.15, -0.1) is 0 Å². The van der Waals surface area contributed by atoms with Gasteiger partial charge in [0.15, 0.2) is 0 Å². The van der Waals surface area contributed by atoms with Crippen molar-refractivity contribution in [3.05, 3.63) is 85.5 Å². The molecule has 0 aliphatic heterocycles. The van der Waals surface area contributed by atoms with E-state index in [1.807, 2.05) is 24.3 Å². The molecule has 1 radical (unpaired) electrons. The van der Waals surface area contributed by atoms with Crippen molar-refractivity contribution in [1.82, 2.24) is 34.6 Å². The van der Waals surface area contributed by atoms with Crippen LogP contribution in [0.4, 0.5) is 5.69 Å². The lowest BCUT2D eigenvalue weighted by Crippen LogP contribution is -2.46. The number of anilines is 1. The van der Waals surface area contributed by atoms with Crippen molar-refractivity contribution in [3.8, 4) is 0 Å². The molecule has 0 saturated carbocycles. The highest BCUT2D eigenvalue weighted by atomic mass is 16.4. The van der Waals surface area contributed by atoms with Crippen molar-refractivity contribution >= 4 is 91.5 Å². The van der Waals surface area contributed by atoms with E-state index in [0.717, 1.165) is 10.8 Å². The fourth-order valence-corrected chi connectivity index (χ4v) is 6.47. The topological polar surface area (TPSA) is 219 Å². The van der Waals surface area contributed by atoms with Crippen LogP contribution in [-0.2, 0) is 24.0 Å². The van der Waals surface area contributed by atoms with Crippen LogP contribution in [0.2, 0.25) is 0 Å². The molecule has 2 aromatic carbocycles. The molecule has 0 spiro atoms. The van der Waals surface area contributed by atoms with Crippen molar-refractivity contribution in [3.63, 3.8) is 0 Å². The van der Waals surface area contributed by atoms with Gasteiger partial charge in [0.1, 0.15) is 5.68 Å². The minimum atomic E-state index is -1.18. The number of rotatable bonds is 19. The number of aromatic nitrogens is 4. The molecule has 0 aliphatic carbocycles. The van der Waals surface area contributed by atoms with Crippen LogP contribution in [0, 0.1) is 0 Å². The summed E-state index contributed by atoms with van der Waals surface area (Å²) in [7, 11) is 1.43. The Labute approximate surface area is 314 Å². The highest BCUT2D eigenvalue weighted by Crippen LogP contribution is 2.29. The second kappa shape index (κ2) is 17.6. The zero-order valence-corrected chi connectivity index (χ0v) is 29.5. The third kappa shape index (κ3) is 9.97. The van der Waals surface area contributed by atoms with Gasteiger partial charge in [-0.3, -0.25) is 53.8 Å². The molecule has 279 valence electrons. The third-order valence-corrected chi connectivity index (χ3v) is 8.83. The maximum absolute atomic E-state index is 13.4. The molecule has 6 rings (SSSR count). The zero-order valence-electron chi connectivity index (χ0n) is 29.5. The molecule has 55 heavy (non-hydrogen) atoms. The summed E-state index contributed by atoms with van der Waals surface area (Å²) >= 11 is 0. The Morgan fingerprint density at radius 3 is 1.58 bits per heavy atom. The lowest BCUT2D eigenvalue weighted by Gasteiger charge is -2.28. The van der Waals surface area contributed by atoms with Crippen LogP contribution in [-0.4, -0.2) is 146 Å². The monoisotopic (exact) mass is 743 g/mol. The van der Waals surface area contributed by atoms with Crippen molar-refractivity contribution < 1.29 is 39.3 Å². The molecule has 0 bridgehead atoms. The van der Waals surface area contributed by atoms with Gasteiger partial charge in [0.2, 0.25) is 13.2 Å². The predicted octanol–water partition coefficient (Wildman–Crippen LogP) is 1.53. The number of fused-ring (bicyclic) bond motifs is 6. The number of benzene rings is 2. The molecule has 6 aromatic rings. The number of carbonyl (C=O) groups excluding carboxylic acids is 2. The number of aliphatic carboxylic acids is 3. The van der Waals surface area contributed by atoms with Gasteiger partial charge in [-0.1, -0.05) is 29.7 Å². The van der Waals surface area contributed by atoms with E-state index >= 15 is 0 Å². The Morgan fingerprint density at radius 2 is 1.00 bits per heavy atom. The Balaban J connectivity index is 1.10. The second-order valence-electron chi connectivity index (χ2n) is 12.9. The number of hydrogen-bond donors (Lipinski definition) is 4. The highest BCUT2D eigenvalue weighted by Gasteiger charge is 2.22. The van der Waals surface area contributed by atoms with Gasteiger partial charge >= 0.3 is 17.9 Å². The quantitative estimate of drug-likeness (QED) is 0.0683. The minimum Gasteiger partial charge on any atom is -0.480 e. The molecular weight excluding hydrogens is 707 g/mol. The number of amides is 1. The predicted molar refractivity (Wildman–Crippen MR) is 205 cm³/mol. The van der Waals surface area contributed by atoms with Crippen LogP contribution in [0.1, 0.15) is 0 Å². The largest absolute Gasteiger partial charge is 0.480 e. The summed E-state index contributed by atoms with van der Waals surface area (Å²) in [5.41, 5.74) is 3.27. The summed E-state index contributed by atoms with van der Waals surface area (Å²) in [5, 5.41) is 34.6. The van der Waals surface area contributed by atoms with Gasteiger partial charge in [0, 0.05) is 73.7 Å². The highest BCUT2D eigenvalue weighted by molar-refractivity contribution is 6.86. The van der Waals surface area contributed by atoms with Gasteiger partial charge in [-0.2, -0.15) is 0 Å². The zero-order chi connectivity index (χ0) is 38.9. The number of nitrogens with one attached hydrogen (secondary N) is 1. The van der Waals surface area contributed by atoms with E-state index in [-0.39, 0.29) is 45.0 Å². The van der Waals surface area contributed by atoms with Crippen molar-refractivity contribution in [2.75, 3.05) is 64.2 Å². The first kappa shape index (κ1) is 38.3.